The molecule has 5 nitrogen and oxygen atoms in total. The van der Waals surface area contributed by atoms with E-state index in [1.165, 1.54) is 16.7 Å². The Kier molecular flexibility index (Phi) is 4.09. The number of hydrogen-bond donors (Lipinski definition) is 1. The fourth-order valence-electron chi connectivity index (χ4n) is 2.41. The minimum atomic E-state index is -0.606. The number of methoxy groups -OCH3 is 1. The molecule has 0 atom stereocenters. The Morgan fingerprint density at radius 2 is 1.71 bits per heavy atom. The van der Waals surface area contributed by atoms with Crippen LogP contribution in [0.2, 0.25) is 0 Å². The molecule has 24 heavy (non-hydrogen) atoms. The summed E-state index contributed by atoms with van der Waals surface area (Å²) in [6.07, 6.45) is -0.457. The van der Waals surface area contributed by atoms with E-state index in [9.17, 15) is 9.90 Å². The molecule has 0 aliphatic carbocycles. The van der Waals surface area contributed by atoms with Crippen LogP contribution in [0.1, 0.15) is 20.8 Å². The first kappa shape index (κ1) is 16.5. The summed E-state index contributed by atoms with van der Waals surface area (Å²) in [4.78, 5) is 16.0. The first-order chi connectivity index (χ1) is 11.3. The molecule has 1 N–H and O–H groups in total. The second-order valence-corrected chi connectivity index (χ2v) is 7.49. The SMILES string of the molecule is COc1ccc2c(c1)Sc1cc(O)ccc1N2C(=O)OC(C)(C)C. The number of anilines is 2. The second kappa shape index (κ2) is 5.94. The highest BCUT2D eigenvalue weighted by atomic mass is 32.2. The van der Waals surface area contributed by atoms with E-state index >= 15 is 0 Å². The van der Waals surface area contributed by atoms with Crippen LogP contribution < -0.4 is 9.64 Å². The predicted molar refractivity (Wildman–Crippen MR) is 93.6 cm³/mol. The van der Waals surface area contributed by atoms with E-state index in [4.69, 9.17) is 9.47 Å². The lowest BCUT2D eigenvalue weighted by Crippen LogP contribution is -2.35. The van der Waals surface area contributed by atoms with Crippen LogP contribution in [-0.2, 0) is 4.74 Å². The fourth-order valence-corrected chi connectivity index (χ4v) is 3.53. The quantitative estimate of drug-likeness (QED) is 0.793. The van der Waals surface area contributed by atoms with Crippen molar-refractivity contribution in [2.45, 2.75) is 36.2 Å². The zero-order valence-electron chi connectivity index (χ0n) is 14.0. The van der Waals surface area contributed by atoms with Gasteiger partial charge in [0.15, 0.2) is 0 Å². The number of ether oxygens (including phenoxy) is 2. The minimum absolute atomic E-state index is 0.150. The molecule has 6 heteroatoms. The molecule has 0 saturated carbocycles. The summed E-state index contributed by atoms with van der Waals surface area (Å²) in [6, 6.07) is 10.4. The largest absolute Gasteiger partial charge is 0.508 e. The van der Waals surface area contributed by atoms with Gasteiger partial charge in [0.25, 0.3) is 0 Å². The molecule has 0 radical (unpaired) electrons. The van der Waals surface area contributed by atoms with Gasteiger partial charge in [-0.15, -0.1) is 0 Å². The minimum Gasteiger partial charge on any atom is -0.508 e. The Morgan fingerprint density at radius 1 is 1.08 bits per heavy atom. The molecule has 126 valence electrons. The van der Waals surface area contributed by atoms with Gasteiger partial charge in [0.2, 0.25) is 0 Å². The van der Waals surface area contributed by atoms with Crippen LogP contribution >= 0.6 is 11.8 Å². The average molecular weight is 345 g/mol. The first-order valence-corrected chi connectivity index (χ1v) is 8.32. The predicted octanol–water partition coefficient (Wildman–Crippen LogP) is 4.94. The number of amides is 1. The standard InChI is InChI=1S/C18H19NO4S/c1-18(2,3)23-17(21)19-13-7-5-11(20)9-15(13)24-16-10-12(22-4)6-8-14(16)19/h5-10,20H,1-4H3. The van der Waals surface area contributed by atoms with Crippen molar-refractivity contribution in [3.63, 3.8) is 0 Å². The Bertz CT molecular complexity index is 798. The molecule has 0 saturated heterocycles. The van der Waals surface area contributed by atoms with Crippen molar-refractivity contribution in [3.8, 4) is 11.5 Å². The lowest BCUT2D eigenvalue weighted by Gasteiger charge is -2.32. The maximum Gasteiger partial charge on any atom is 0.419 e. The van der Waals surface area contributed by atoms with Gasteiger partial charge in [-0.2, -0.15) is 0 Å². The van der Waals surface area contributed by atoms with Crippen molar-refractivity contribution < 1.29 is 19.4 Å². The highest BCUT2D eigenvalue weighted by molar-refractivity contribution is 7.99. The summed E-state index contributed by atoms with van der Waals surface area (Å²) in [7, 11) is 1.60. The van der Waals surface area contributed by atoms with E-state index in [0.29, 0.717) is 11.4 Å². The Balaban J connectivity index is 2.12. The van der Waals surface area contributed by atoms with Crippen LogP contribution in [0, 0.1) is 0 Å². The number of hydrogen-bond acceptors (Lipinski definition) is 5. The van der Waals surface area contributed by atoms with Crippen LogP contribution in [0.3, 0.4) is 0 Å². The number of nitrogens with zero attached hydrogens (tertiary/aromatic N) is 1. The molecule has 0 bridgehead atoms. The Labute approximate surface area is 145 Å². The van der Waals surface area contributed by atoms with Gasteiger partial charge in [0, 0.05) is 9.79 Å². The third-order valence-electron chi connectivity index (χ3n) is 3.39. The van der Waals surface area contributed by atoms with E-state index in [1.807, 2.05) is 39.0 Å². The summed E-state index contributed by atoms with van der Waals surface area (Å²) >= 11 is 1.48. The van der Waals surface area contributed by atoms with E-state index < -0.39 is 11.7 Å². The number of aromatic hydroxyl groups is 1. The third kappa shape index (κ3) is 3.14. The van der Waals surface area contributed by atoms with Crippen LogP contribution in [-0.4, -0.2) is 23.9 Å². The maximum absolute atomic E-state index is 12.8. The molecule has 2 aromatic carbocycles. The summed E-state index contributed by atoms with van der Waals surface area (Å²) in [5, 5.41) is 9.78. The van der Waals surface area contributed by atoms with E-state index in [0.717, 1.165) is 15.5 Å². The molecule has 2 aromatic rings. The lowest BCUT2D eigenvalue weighted by molar-refractivity contribution is 0.0597. The van der Waals surface area contributed by atoms with Gasteiger partial charge in [-0.25, -0.2) is 9.69 Å². The van der Waals surface area contributed by atoms with Gasteiger partial charge in [0.1, 0.15) is 17.1 Å². The van der Waals surface area contributed by atoms with Crippen molar-refractivity contribution in [2.75, 3.05) is 12.0 Å². The van der Waals surface area contributed by atoms with Gasteiger partial charge in [-0.1, -0.05) is 11.8 Å². The Morgan fingerprint density at radius 3 is 2.33 bits per heavy atom. The smallest absolute Gasteiger partial charge is 0.419 e. The van der Waals surface area contributed by atoms with Gasteiger partial charge >= 0.3 is 6.09 Å². The number of fused-ring (bicyclic) bond motifs is 2. The molecule has 1 heterocycles. The second-order valence-electron chi connectivity index (χ2n) is 6.40. The number of rotatable bonds is 1. The van der Waals surface area contributed by atoms with Crippen LogP contribution in [0.15, 0.2) is 46.2 Å². The zero-order chi connectivity index (χ0) is 17.5. The lowest BCUT2D eigenvalue weighted by atomic mass is 10.2. The molecule has 1 amide bonds. The Hall–Kier alpha value is -2.34. The van der Waals surface area contributed by atoms with Crippen LogP contribution in [0.5, 0.6) is 11.5 Å². The van der Waals surface area contributed by atoms with Crippen LogP contribution in [0.25, 0.3) is 0 Å². The number of carbonyl (C=O) groups is 1. The van der Waals surface area contributed by atoms with Crippen molar-refractivity contribution in [3.05, 3.63) is 36.4 Å². The van der Waals surface area contributed by atoms with Gasteiger partial charge in [0.05, 0.1) is 18.5 Å². The molecular weight excluding hydrogens is 326 g/mol. The molecule has 1 aliphatic heterocycles. The molecule has 0 spiro atoms. The summed E-state index contributed by atoms with van der Waals surface area (Å²) in [5.74, 6) is 0.853. The summed E-state index contributed by atoms with van der Waals surface area (Å²) < 4.78 is 10.8. The van der Waals surface area contributed by atoms with Gasteiger partial charge in [-0.05, 0) is 57.2 Å². The topological polar surface area (TPSA) is 59.0 Å². The summed E-state index contributed by atoms with van der Waals surface area (Å²) in [5.41, 5.74) is 0.809. The van der Waals surface area contributed by atoms with Crippen molar-refractivity contribution in [1.82, 2.24) is 0 Å². The fraction of sp³-hybridized carbons (Fsp3) is 0.278. The third-order valence-corrected chi connectivity index (χ3v) is 4.48. The number of phenols is 1. The molecule has 1 aliphatic rings. The molecule has 0 aromatic heterocycles. The molecule has 0 unspecified atom stereocenters. The summed E-state index contributed by atoms with van der Waals surface area (Å²) in [6.45, 7) is 5.49. The highest BCUT2D eigenvalue weighted by Crippen LogP contribution is 2.50. The van der Waals surface area contributed by atoms with Crippen molar-refractivity contribution in [1.29, 1.82) is 0 Å². The maximum atomic E-state index is 12.8. The highest BCUT2D eigenvalue weighted by Gasteiger charge is 2.32. The zero-order valence-corrected chi connectivity index (χ0v) is 14.8. The molecular formula is C18H19NO4S. The normalized spacial score (nSPS) is 13.1. The number of carbonyl (C=O) groups excluding carboxylic acids is 1. The van der Waals surface area contributed by atoms with Crippen molar-refractivity contribution in [2.24, 2.45) is 0 Å². The van der Waals surface area contributed by atoms with Gasteiger partial charge in [-0.3, -0.25) is 0 Å². The van der Waals surface area contributed by atoms with Crippen molar-refractivity contribution >= 4 is 29.2 Å². The molecule has 3 rings (SSSR count). The molecule has 0 fully saturated rings. The van der Waals surface area contributed by atoms with Crippen LogP contribution in [0.4, 0.5) is 16.2 Å². The average Bonchev–Trinajstić information content (AvgIpc) is 2.50. The van der Waals surface area contributed by atoms with E-state index in [1.54, 1.807) is 25.3 Å². The van der Waals surface area contributed by atoms with E-state index in [2.05, 4.69) is 0 Å². The van der Waals surface area contributed by atoms with Gasteiger partial charge < -0.3 is 14.6 Å². The number of phenolic OH excluding ortho intramolecular Hbond substituents is 1. The monoisotopic (exact) mass is 345 g/mol. The van der Waals surface area contributed by atoms with E-state index in [-0.39, 0.29) is 5.75 Å². The number of benzene rings is 2. The first-order valence-electron chi connectivity index (χ1n) is 7.50.